The van der Waals surface area contributed by atoms with Crippen LogP contribution in [0.15, 0.2) is 34.5 Å². The van der Waals surface area contributed by atoms with Crippen LogP contribution in [-0.4, -0.2) is 25.7 Å². The molecule has 1 heterocycles. The summed E-state index contributed by atoms with van der Waals surface area (Å²) in [4.78, 5) is 17.6. The fourth-order valence-corrected chi connectivity index (χ4v) is 4.02. The molecule has 0 spiro atoms. The van der Waals surface area contributed by atoms with Gasteiger partial charge in [-0.3, -0.25) is 9.79 Å². The van der Waals surface area contributed by atoms with Gasteiger partial charge < -0.3 is 9.47 Å². The summed E-state index contributed by atoms with van der Waals surface area (Å²) in [6, 6.07) is 7.95. The van der Waals surface area contributed by atoms with Gasteiger partial charge in [0.25, 0.3) is 0 Å². The van der Waals surface area contributed by atoms with Crippen LogP contribution in [0, 0.1) is 22.7 Å². The summed E-state index contributed by atoms with van der Waals surface area (Å²) in [5.41, 5.74) is 3.05. The van der Waals surface area contributed by atoms with Crippen molar-refractivity contribution in [2.45, 2.75) is 39.5 Å². The van der Waals surface area contributed by atoms with Crippen LogP contribution in [0.4, 0.5) is 0 Å². The maximum absolute atomic E-state index is 13.0. The molecule has 1 aliphatic heterocycles. The first-order chi connectivity index (χ1) is 12.3. The second kappa shape index (κ2) is 6.60. The van der Waals surface area contributed by atoms with Crippen molar-refractivity contribution in [3.8, 4) is 17.6 Å². The lowest BCUT2D eigenvalue weighted by Gasteiger charge is -2.38. The quantitative estimate of drug-likeness (QED) is 0.823. The summed E-state index contributed by atoms with van der Waals surface area (Å²) >= 11 is 0. The molecule has 5 nitrogen and oxygen atoms in total. The molecule has 26 heavy (non-hydrogen) atoms. The minimum Gasteiger partial charge on any atom is -0.493 e. The van der Waals surface area contributed by atoms with Gasteiger partial charge in [0.1, 0.15) is 0 Å². The Hall–Kier alpha value is -2.61. The summed E-state index contributed by atoms with van der Waals surface area (Å²) < 4.78 is 10.7. The van der Waals surface area contributed by atoms with E-state index >= 15 is 0 Å². The van der Waals surface area contributed by atoms with Crippen molar-refractivity contribution >= 4 is 11.5 Å². The Bertz CT molecular complexity index is 858. The Balaban J connectivity index is 2.18. The summed E-state index contributed by atoms with van der Waals surface area (Å²) in [7, 11) is 3.16. The van der Waals surface area contributed by atoms with Gasteiger partial charge in [0.2, 0.25) is 0 Å². The number of Topliss-reactive ketones (excluding diaryl/α,β-unsaturated/α-hetero) is 1. The summed E-state index contributed by atoms with van der Waals surface area (Å²) in [5.74, 6) is 0.518. The van der Waals surface area contributed by atoms with Crippen molar-refractivity contribution < 1.29 is 14.3 Å². The predicted molar refractivity (Wildman–Crippen MR) is 99.5 cm³/mol. The number of ketones is 1. The van der Waals surface area contributed by atoms with E-state index in [0.717, 1.165) is 23.4 Å². The van der Waals surface area contributed by atoms with E-state index < -0.39 is 5.92 Å². The van der Waals surface area contributed by atoms with Crippen molar-refractivity contribution in [1.82, 2.24) is 0 Å². The second-order valence-corrected chi connectivity index (χ2v) is 7.75. The summed E-state index contributed by atoms with van der Waals surface area (Å²) in [5, 5.41) is 9.78. The van der Waals surface area contributed by atoms with Crippen molar-refractivity contribution in [1.29, 1.82) is 5.26 Å². The third-order valence-electron chi connectivity index (χ3n) is 5.21. The van der Waals surface area contributed by atoms with Crippen molar-refractivity contribution in [3.63, 3.8) is 0 Å². The average molecular weight is 352 g/mol. The van der Waals surface area contributed by atoms with Gasteiger partial charge in [-0.15, -0.1) is 0 Å². The number of hydrogen-bond acceptors (Lipinski definition) is 5. The Labute approximate surface area is 154 Å². The van der Waals surface area contributed by atoms with Crippen LogP contribution in [-0.2, 0) is 4.79 Å². The first-order valence-electron chi connectivity index (χ1n) is 8.74. The lowest BCUT2D eigenvalue weighted by molar-refractivity contribution is -0.118. The molecule has 1 unspecified atom stereocenters. The maximum Gasteiger partial charge on any atom is 0.161 e. The van der Waals surface area contributed by atoms with Crippen LogP contribution in [0.25, 0.3) is 0 Å². The van der Waals surface area contributed by atoms with E-state index in [-0.39, 0.29) is 17.1 Å². The van der Waals surface area contributed by atoms with Crippen LogP contribution < -0.4 is 9.47 Å². The van der Waals surface area contributed by atoms with Gasteiger partial charge in [0, 0.05) is 29.3 Å². The molecule has 1 aromatic rings. The lowest BCUT2D eigenvalue weighted by Crippen LogP contribution is -2.35. The van der Waals surface area contributed by atoms with Gasteiger partial charge >= 0.3 is 0 Å². The molecule has 0 amide bonds. The molecule has 1 aromatic carbocycles. The van der Waals surface area contributed by atoms with E-state index in [4.69, 9.17) is 9.47 Å². The number of methoxy groups -OCH3 is 2. The molecule has 5 heteroatoms. The Morgan fingerprint density at radius 1 is 1.19 bits per heavy atom. The SMILES string of the molecule is COc1ccc([C@H]2C3=C(CC(C)(C)CC3=O)N=C(C)C2C#N)cc1OC. The van der Waals surface area contributed by atoms with Crippen LogP contribution in [0.2, 0.25) is 0 Å². The minimum atomic E-state index is -0.461. The van der Waals surface area contributed by atoms with Crippen molar-refractivity contribution in [3.05, 3.63) is 35.0 Å². The van der Waals surface area contributed by atoms with Crippen LogP contribution >= 0.6 is 0 Å². The summed E-state index contributed by atoms with van der Waals surface area (Å²) in [6.07, 6.45) is 1.22. The molecular weight excluding hydrogens is 328 g/mol. The zero-order valence-electron chi connectivity index (χ0n) is 15.9. The number of carbonyl (C=O) groups is 1. The molecule has 0 radical (unpaired) electrons. The van der Waals surface area contributed by atoms with E-state index in [1.165, 1.54) is 0 Å². The number of allylic oxidation sites excluding steroid dienone is 2. The molecule has 0 aromatic heterocycles. The molecule has 136 valence electrons. The average Bonchev–Trinajstić information content (AvgIpc) is 2.58. The topological polar surface area (TPSA) is 71.7 Å². The number of aliphatic imine (C=N–C) groups is 1. The van der Waals surface area contributed by atoms with Crippen molar-refractivity contribution in [2.75, 3.05) is 14.2 Å². The second-order valence-electron chi connectivity index (χ2n) is 7.75. The molecule has 1 aliphatic carbocycles. The zero-order chi connectivity index (χ0) is 19.1. The van der Waals surface area contributed by atoms with Gasteiger partial charge in [0.15, 0.2) is 17.3 Å². The Kier molecular flexibility index (Phi) is 4.62. The molecule has 2 aliphatic rings. The Morgan fingerprint density at radius 2 is 1.88 bits per heavy atom. The van der Waals surface area contributed by atoms with E-state index in [9.17, 15) is 10.1 Å². The predicted octanol–water partition coefficient (Wildman–Crippen LogP) is 4.04. The number of nitriles is 1. The molecule has 0 N–H and O–H groups in total. The van der Waals surface area contributed by atoms with Crippen molar-refractivity contribution in [2.24, 2.45) is 16.3 Å². The number of rotatable bonds is 3. The van der Waals surface area contributed by atoms with Crippen LogP contribution in [0.1, 0.15) is 45.1 Å². The van der Waals surface area contributed by atoms with Gasteiger partial charge in [-0.25, -0.2) is 0 Å². The maximum atomic E-state index is 13.0. The van der Waals surface area contributed by atoms with E-state index in [2.05, 4.69) is 24.9 Å². The smallest absolute Gasteiger partial charge is 0.161 e. The monoisotopic (exact) mass is 352 g/mol. The largest absolute Gasteiger partial charge is 0.493 e. The highest BCUT2D eigenvalue weighted by Gasteiger charge is 2.43. The van der Waals surface area contributed by atoms with Gasteiger partial charge in [-0.1, -0.05) is 19.9 Å². The highest BCUT2D eigenvalue weighted by Crippen LogP contribution is 2.48. The molecular formula is C21H24N2O3. The minimum absolute atomic E-state index is 0.0903. The molecule has 3 rings (SSSR count). The number of nitrogens with zero attached hydrogens (tertiary/aromatic N) is 2. The molecule has 2 atom stereocenters. The number of hydrogen-bond donors (Lipinski definition) is 0. The third-order valence-corrected chi connectivity index (χ3v) is 5.21. The fourth-order valence-electron chi connectivity index (χ4n) is 4.02. The molecule has 0 saturated carbocycles. The Morgan fingerprint density at radius 3 is 2.50 bits per heavy atom. The molecule has 0 fully saturated rings. The van der Waals surface area contributed by atoms with Gasteiger partial charge in [-0.05, 0) is 36.5 Å². The lowest BCUT2D eigenvalue weighted by atomic mass is 9.67. The first kappa shape index (κ1) is 18.2. The number of carbonyl (C=O) groups excluding carboxylic acids is 1. The van der Waals surface area contributed by atoms with Crippen LogP contribution in [0.5, 0.6) is 11.5 Å². The molecule has 0 bridgehead atoms. The highest BCUT2D eigenvalue weighted by atomic mass is 16.5. The van der Waals surface area contributed by atoms with E-state index in [1.807, 2.05) is 25.1 Å². The fraction of sp³-hybridized carbons (Fsp3) is 0.476. The normalized spacial score (nSPS) is 24.5. The van der Waals surface area contributed by atoms with Crippen LogP contribution in [0.3, 0.4) is 0 Å². The summed E-state index contributed by atoms with van der Waals surface area (Å²) in [6.45, 7) is 6.04. The first-order valence-corrected chi connectivity index (χ1v) is 8.74. The number of ether oxygens (including phenoxy) is 2. The highest BCUT2D eigenvalue weighted by molar-refractivity contribution is 6.03. The van der Waals surface area contributed by atoms with E-state index in [1.54, 1.807) is 14.2 Å². The molecule has 0 saturated heterocycles. The number of benzene rings is 1. The van der Waals surface area contributed by atoms with Gasteiger partial charge in [0.05, 0.1) is 26.2 Å². The van der Waals surface area contributed by atoms with Gasteiger partial charge in [-0.2, -0.15) is 5.26 Å². The standard InChI is InChI=1S/C21H24N2O3/c1-12-14(11-22)19(13-6-7-17(25-4)18(8-13)26-5)20-15(23-12)9-21(2,3)10-16(20)24/h6-8,14,19H,9-10H2,1-5H3/t14?,19-/m1/s1. The van der Waals surface area contributed by atoms with E-state index in [0.29, 0.717) is 23.5 Å². The third kappa shape index (κ3) is 3.01. The zero-order valence-corrected chi connectivity index (χ0v) is 15.9.